The number of hydrogen-bond donors (Lipinski definition) is 1. The summed E-state index contributed by atoms with van der Waals surface area (Å²) < 4.78 is 2.06. The van der Waals surface area contributed by atoms with Gasteiger partial charge in [-0.25, -0.2) is 4.98 Å². The molecule has 3 aromatic rings. The van der Waals surface area contributed by atoms with Gasteiger partial charge in [-0.3, -0.25) is 9.59 Å². The second-order valence-electron chi connectivity index (χ2n) is 9.00. The van der Waals surface area contributed by atoms with Gasteiger partial charge in [-0.05, 0) is 43.0 Å². The maximum absolute atomic E-state index is 13.8. The van der Waals surface area contributed by atoms with Crippen molar-refractivity contribution in [3.63, 3.8) is 0 Å². The molecule has 0 radical (unpaired) electrons. The molecule has 0 aliphatic heterocycles. The fraction of sp³-hybridized carbons (Fsp3) is 0.393. The van der Waals surface area contributed by atoms with Crippen LogP contribution in [0.15, 0.2) is 67.3 Å². The monoisotopic (exact) mass is 458 g/mol. The number of imidazole rings is 1. The Labute approximate surface area is 201 Å². The van der Waals surface area contributed by atoms with Crippen molar-refractivity contribution in [1.82, 2.24) is 19.8 Å². The summed E-state index contributed by atoms with van der Waals surface area (Å²) in [5.41, 5.74) is 3.03. The quantitative estimate of drug-likeness (QED) is 0.356. The normalized spacial score (nSPS) is 14.1. The molecule has 1 heterocycles. The number of para-hydroxylation sites is 2. The van der Waals surface area contributed by atoms with E-state index in [1.165, 1.54) is 25.3 Å². The summed E-state index contributed by atoms with van der Waals surface area (Å²) in [6.45, 7) is 4.95. The molecule has 1 aliphatic carbocycles. The number of rotatable bonds is 10. The molecule has 1 fully saturated rings. The van der Waals surface area contributed by atoms with E-state index in [1.54, 1.807) is 0 Å². The summed E-state index contributed by atoms with van der Waals surface area (Å²) in [6, 6.07) is 18.5. The Morgan fingerprint density at radius 3 is 2.56 bits per heavy atom. The third-order valence-electron chi connectivity index (χ3n) is 6.62. The smallest absolute Gasteiger partial charge is 0.243 e. The number of nitrogens with zero attached hydrogens (tertiary/aromatic N) is 3. The van der Waals surface area contributed by atoms with Gasteiger partial charge in [0.15, 0.2) is 0 Å². The molecule has 1 N–H and O–H groups in total. The third kappa shape index (κ3) is 5.93. The minimum atomic E-state index is -0.173. The van der Waals surface area contributed by atoms with Gasteiger partial charge in [0.05, 0.1) is 11.0 Å². The van der Waals surface area contributed by atoms with Crippen molar-refractivity contribution >= 4 is 22.8 Å². The van der Waals surface area contributed by atoms with E-state index in [0.29, 0.717) is 19.5 Å². The first-order valence-corrected chi connectivity index (χ1v) is 12.3. The summed E-state index contributed by atoms with van der Waals surface area (Å²) >= 11 is 0. The second-order valence-corrected chi connectivity index (χ2v) is 9.00. The van der Waals surface area contributed by atoms with Crippen molar-refractivity contribution in [2.45, 2.75) is 64.1 Å². The zero-order valence-corrected chi connectivity index (χ0v) is 19.8. The summed E-state index contributed by atoms with van der Waals surface area (Å²) in [5, 5.41) is 2.82. The SMILES string of the molecule is C=CC(=O)NCCCc1nc2ccccc2n1CC(=O)N(Cc1ccccc1)C1CCCCC1. The van der Waals surface area contributed by atoms with Gasteiger partial charge in [-0.2, -0.15) is 0 Å². The van der Waals surface area contributed by atoms with Crippen LogP contribution in [0.2, 0.25) is 0 Å². The average Bonchev–Trinajstić information content (AvgIpc) is 3.23. The van der Waals surface area contributed by atoms with Crippen LogP contribution in [-0.4, -0.2) is 38.9 Å². The Kier molecular flexibility index (Phi) is 8.12. The van der Waals surface area contributed by atoms with Gasteiger partial charge in [0.1, 0.15) is 12.4 Å². The van der Waals surface area contributed by atoms with Gasteiger partial charge in [0, 0.05) is 25.6 Å². The summed E-state index contributed by atoms with van der Waals surface area (Å²) in [7, 11) is 0. The van der Waals surface area contributed by atoms with Crippen molar-refractivity contribution in [1.29, 1.82) is 0 Å². The van der Waals surface area contributed by atoms with Crippen LogP contribution in [0.3, 0.4) is 0 Å². The first-order chi connectivity index (χ1) is 16.7. The van der Waals surface area contributed by atoms with Gasteiger partial charge >= 0.3 is 0 Å². The molecule has 0 spiro atoms. The zero-order valence-electron chi connectivity index (χ0n) is 19.8. The van der Waals surface area contributed by atoms with Crippen molar-refractivity contribution in [3.05, 3.63) is 78.6 Å². The number of aryl methyl sites for hydroxylation is 1. The molecule has 0 bridgehead atoms. The van der Waals surface area contributed by atoms with Crippen LogP contribution in [0, 0.1) is 0 Å². The number of amides is 2. The highest BCUT2D eigenvalue weighted by Gasteiger charge is 2.26. The Morgan fingerprint density at radius 2 is 1.79 bits per heavy atom. The number of aromatic nitrogens is 2. The predicted molar refractivity (Wildman–Crippen MR) is 135 cm³/mol. The standard InChI is InChI=1S/C28H34N4O2/c1-2-27(33)29-19-11-18-26-30-24-16-9-10-17-25(24)32(26)21-28(34)31(23-14-7-4-8-15-23)20-22-12-5-3-6-13-22/h2-3,5-6,9-10,12-13,16-17,23H,1,4,7-8,11,14-15,18-21H2,(H,29,33). The molecule has 0 saturated heterocycles. The molecule has 1 aliphatic rings. The van der Waals surface area contributed by atoms with Crippen molar-refractivity contribution in [2.75, 3.05) is 6.54 Å². The molecule has 0 atom stereocenters. The van der Waals surface area contributed by atoms with Gasteiger partial charge in [-0.1, -0.05) is 68.3 Å². The Hall–Kier alpha value is -3.41. The minimum absolute atomic E-state index is 0.139. The zero-order chi connectivity index (χ0) is 23.8. The van der Waals surface area contributed by atoms with Crippen LogP contribution in [0.5, 0.6) is 0 Å². The van der Waals surface area contributed by atoms with E-state index in [0.717, 1.165) is 41.7 Å². The summed E-state index contributed by atoms with van der Waals surface area (Å²) in [5.74, 6) is 0.846. The molecular formula is C28H34N4O2. The fourth-order valence-corrected chi connectivity index (χ4v) is 4.84. The first kappa shape index (κ1) is 23.7. The largest absolute Gasteiger partial charge is 0.353 e. The molecule has 6 nitrogen and oxygen atoms in total. The van der Waals surface area contributed by atoms with Gasteiger partial charge in [-0.15, -0.1) is 0 Å². The highest BCUT2D eigenvalue weighted by atomic mass is 16.2. The van der Waals surface area contributed by atoms with E-state index in [-0.39, 0.29) is 24.4 Å². The van der Waals surface area contributed by atoms with E-state index in [2.05, 4.69) is 33.5 Å². The van der Waals surface area contributed by atoms with E-state index in [9.17, 15) is 9.59 Å². The lowest BCUT2D eigenvalue weighted by Crippen LogP contribution is -2.42. The maximum Gasteiger partial charge on any atom is 0.243 e. The van der Waals surface area contributed by atoms with Crippen LogP contribution < -0.4 is 5.32 Å². The number of fused-ring (bicyclic) bond motifs is 1. The van der Waals surface area contributed by atoms with Crippen molar-refractivity contribution in [2.24, 2.45) is 0 Å². The number of carbonyl (C=O) groups excluding carboxylic acids is 2. The highest BCUT2D eigenvalue weighted by molar-refractivity contribution is 5.86. The minimum Gasteiger partial charge on any atom is -0.353 e. The van der Waals surface area contributed by atoms with Crippen molar-refractivity contribution < 1.29 is 9.59 Å². The van der Waals surface area contributed by atoms with E-state index in [4.69, 9.17) is 4.98 Å². The Bertz CT molecular complexity index is 1120. The Balaban J connectivity index is 1.55. The topological polar surface area (TPSA) is 67.2 Å². The van der Waals surface area contributed by atoms with Crippen molar-refractivity contribution in [3.8, 4) is 0 Å². The molecule has 4 rings (SSSR count). The number of nitrogens with one attached hydrogen (secondary N) is 1. The van der Waals surface area contributed by atoms with E-state index >= 15 is 0 Å². The predicted octanol–water partition coefficient (Wildman–Crippen LogP) is 4.63. The van der Waals surface area contributed by atoms with E-state index in [1.807, 2.05) is 42.5 Å². The lowest BCUT2D eigenvalue weighted by atomic mass is 9.93. The van der Waals surface area contributed by atoms with Crippen LogP contribution in [0.1, 0.15) is 49.9 Å². The lowest BCUT2D eigenvalue weighted by Gasteiger charge is -2.35. The molecule has 34 heavy (non-hydrogen) atoms. The molecule has 1 aromatic heterocycles. The molecular weight excluding hydrogens is 424 g/mol. The average molecular weight is 459 g/mol. The molecule has 2 aromatic carbocycles. The van der Waals surface area contributed by atoms with Crippen LogP contribution >= 0.6 is 0 Å². The maximum atomic E-state index is 13.8. The molecule has 6 heteroatoms. The van der Waals surface area contributed by atoms with E-state index < -0.39 is 0 Å². The first-order valence-electron chi connectivity index (χ1n) is 12.3. The van der Waals surface area contributed by atoms with Gasteiger partial charge < -0.3 is 14.8 Å². The Morgan fingerprint density at radius 1 is 1.06 bits per heavy atom. The second kappa shape index (κ2) is 11.6. The van der Waals surface area contributed by atoms with Gasteiger partial charge in [0.2, 0.25) is 11.8 Å². The van der Waals surface area contributed by atoms with Crippen LogP contribution in [0.25, 0.3) is 11.0 Å². The number of benzene rings is 2. The van der Waals surface area contributed by atoms with Crippen LogP contribution in [0.4, 0.5) is 0 Å². The summed E-state index contributed by atoms with van der Waals surface area (Å²) in [6.07, 6.45) is 8.45. The molecule has 178 valence electrons. The highest BCUT2D eigenvalue weighted by Crippen LogP contribution is 2.25. The number of carbonyl (C=O) groups is 2. The fourth-order valence-electron chi connectivity index (χ4n) is 4.84. The number of hydrogen-bond acceptors (Lipinski definition) is 3. The molecule has 1 saturated carbocycles. The molecule has 2 amide bonds. The third-order valence-corrected chi connectivity index (χ3v) is 6.62. The van der Waals surface area contributed by atoms with Gasteiger partial charge in [0.25, 0.3) is 0 Å². The van der Waals surface area contributed by atoms with Crippen LogP contribution in [-0.2, 0) is 29.1 Å². The lowest BCUT2D eigenvalue weighted by molar-refractivity contribution is -0.135. The summed E-state index contributed by atoms with van der Waals surface area (Å²) in [4.78, 5) is 32.1. The molecule has 0 unspecified atom stereocenters.